The molecule has 2 aromatic carbocycles. The molecule has 0 atom stereocenters. The Morgan fingerprint density at radius 2 is 1.83 bits per heavy atom. The van der Waals surface area contributed by atoms with E-state index in [4.69, 9.17) is 4.74 Å². The molecule has 4 aromatic rings. The molecular formula is C25H25N3O. The monoisotopic (exact) mass is 383 g/mol. The Labute approximate surface area is 171 Å². The van der Waals surface area contributed by atoms with Gasteiger partial charge in [-0.3, -0.25) is 4.90 Å². The molecule has 2 aromatic heterocycles. The third-order valence-corrected chi connectivity index (χ3v) is 5.79. The van der Waals surface area contributed by atoms with E-state index >= 15 is 0 Å². The molecule has 1 aliphatic rings. The summed E-state index contributed by atoms with van der Waals surface area (Å²) in [5.74, 6) is 0.867. The van der Waals surface area contributed by atoms with Gasteiger partial charge in [-0.2, -0.15) is 0 Å². The number of aromatic nitrogens is 2. The molecule has 1 saturated heterocycles. The van der Waals surface area contributed by atoms with E-state index < -0.39 is 0 Å². The van der Waals surface area contributed by atoms with Crippen LogP contribution in [0.2, 0.25) is 0 Å². The zero-order valence-electron chi connectivity index (χ0n) is 16.7. The first-order valence-corrected chi connectivity index (χ1v) is 10.2. The Kier molecular flexibility index (Phi) is 4.78. The van der Waals surface area contributed by atoms with Crippen molar-refractivity contribution in [2.24, 2.45) is 0 Å². The molecule has 4 heteroatoms. The summed E-state index contributed by atoms with van der Waals surface area (Å²) in [6.07, 6.45) is 6.61. The van der Waals surface area contributed by atoms with Crippen LogP contribution in [0.4, 0.5) is 0 Å². The molecule has 29 heavy (non-hydrogen) atoms. The fourth-order valence-electron chi connectivity index (χ4n) is 4.30. The number of hydrogen-bond acceptors (Lipinski definition) is 3. The van der Waals surface area contributed by atoms with E-state index in [2.05, 4.69) is 51.3 Å². The molecule has 0 amide bonds. The van der Waals surface area contributed by atoms with Gasteiger partial charge >= 0.3 is 0 Å². The second-order valence-electron chi connectivity index (χ2n) is 7.71. The van der Waals surface area contributed by atoms with Crippen LogP contribution in [-0.4, -0.2) is 35.1 Å². The van der Waals surface area contributed by atoms with Gasteiger partial charge in [0.2, 0.25) is 0 Å². The van der Waals surface area contributed by atoms with Crippen molar-refractivity contribution in [1.29, 1.82) is 0 Å². The first kappa shape index (κ1) is 18.0. The lowest BCUT2D eigenvalue weighted by atomic mass is 10.0. The number of hydrogen-bond donors (Lipinski definition) is 1. The predicted octanol–water partition coefficient (Wildman–Crippen LogP) is 5.50. The van der Waals surface area contributed by atoms with Crippen molar-refractivity contribution in [3.63, 3.8) is 0 Å². The molecule has 0 spiro atoms. The number of H-pyrrole nitrogens is 1. The second-order valence-corrected chi connectivity index (χ2v) is 7.71. The van der Waals surface area contributed by atoms with Gasteiger partial charge in [0.05, 0.1) is 7.11 Å². The van der Waals surface area contributed by atoms with Gasteiger partial charge in [0.1, 0.15) is 11.4 Å². The number of nitrogens with zero attached hydrogens (tertiary/aromatic N) is 2. The molecule has 5 rings (SSSR count). The van der Waals surface area contributed by atoms with Crippen LogP contribution in [0.25, 0.3) is 33.3 Å². The largest absolute Gasteiger partial charge is 0.496 e. The van der Waals surface area contributed by atoms with Crippen LogP contribution in [0.15, 0.2) is 67.0 Å². The van der Waals surface area contributed by atoms with Crippen LogP contribution >= 0.6 is 0 Å². The van der Waals surface area contributed by atoms with E-state index in [0.29, 0.717) is 0 Å². The number of nitrogens with one attached hydrogen (secondary N) is 1. The van der Waals surface area contributed by atoms with Crippen molar-refractivity contribution in [3.05, 3.63) is 72.6 Å². The molecule has 0 unspecified atom stereocenters. The van der Waals surface area contributed by atoms with Gasteiger partial charge in [-0.15, -0.1) is 0 Å². The molecule has 1 aliphatic heterocycles. The summed E-state index contributed by atoms with van der Waals surface area (Å²) in [6.45, 7) is 3.45. The first-order valence-electron chi connectivity index (χ1n) is 10.2. The highest BCUT2D eigenvalue weighted by molar-refractivity contribution is 5.97. The van der Waals surface area contributed by atoms with Gasteiger partial charge in [-0.05, 0) is 55.3 Å². The maximum absolute atomic E-state index is 5.57. The summed E-state index contributed by atoms with van der Waals surface area (Å²) in [6, 6.07) is 19.2. The summed E-state index contributed by atoms with van der Waals surface area (Å²) < 4.78 is 5.57. The average Bonchev–Trinajstić information content (AvgIpc) is 3.43. The highest BCUT2D eigenvalue weighted by Gasteiger charge is 2.14. The Bertz CT molecular complexity index is 1140. The molecule has 3 heterocycles. The number of pyridine rings is 1. The molecular weight excluding hydrogens is 358 g/mol. The minimum absolute atomic E-state index is 0.867. The lowest BCUT2D eigenvalue weighted by Crippen LogP contribution is -2.18. The quantitative estimate of drug-likeness (QED) is 0.495. The van der Waals surface area contributed by atoms with Crippen molar-refractivity contribution < 1.29 is 4.74 Å². The number of methoxy groups -OCH3 is 1. The van der Waals surface area contributed by atoms with Crippen LogP contribution in [0.5, 0.6) is 5.75 Å². The number of benzene rings is 2. The van der Waals surface area contributed by atoms with Gasteiger partial charge in [0.25, 0.3) is 0 Å². The van der Waals surface area contributed by atoms with Crippen molar-refractivity contribution in [1.82, 2.24) is 14.9 Å². The molecule has 1 fully saturated rings. The second kappa shape index (κ2) is 7.72. The third-order valence-electron chi connectivity index (χ3n) is 5.79. The van der Waals surface area contributed by atoms with Gasteiger partial charge in [-0.25, -0.2) is 4.98 Å². The molecule has 1 N–H and O–H groups in total. The highest BCUT2D eigenvalue weighted by atomic mass is 16.5. The Hall–Kier alpha value is -3.11. The average molecular weight is 383 g/mol. The Morgan fingerprint density at radius 3 is 2.69 bits per heavy atom. The Balaban J connectivity index is 1.53. The summed E-state index contributed by atoms with van der Waals surface area (Å²) in [5.41, 5.74) is 6.79. The van der Waals surface area contributed by atoms with Gasteiger partial charge in [0.15, 0.2) is 0 Å². The van der Waals surface area contributed by atoms with Crippen molar-refractivity contribution in [2.45, 2.75) is 19.4 Å². The summed E-state index contributed by atoms with van der Waals surface area (Å²) >= 11 is 0. The van der Waals surface area contributed by atoms with Crippen LogP contribution in [0.1, 0.15) is 18.4 Å². The SMILES string of the molecule is COc1ccccc1-c1c[nH]c2ncc(-c3cccc(CN4CCCC4)c3)cc12. The number of para-hydroxylation sites is 1. The summed E-state index contributed by atoms with van der Waals surface area (Å²) in [4.78, 5) is 10.5. The topological polar surface area (TPSA) is 41.1 Å². The zero-order chi connectivity index (χ0) is 19.6. The summed E-state index contributed by atoms with van der Waals surface area (Å²) in [7, 11) is 1.71. The number of ether oxygens (including phenoxy) is 1. The van der Waals surface area contributed by atoms with Crippen molar-refractivity contribution >= 4 is 11.0 Å². The van der Waals surface area contributed by atoms with Crippen LogP contribution in [0.3, 0.4) is 0 Å². The zero-order valence-corrected chi connectivity index (χ0v) is 16.7. The minimum atomic E-state index is 0.867. The molecule has 0 aliphatic carbocycles. The van der Waals surface area contributed by atoms with Crippen LogP contribution < -0.4 is 4.74 Å². The predicted molar refractivity (Wildman–Crippen MR) is 118 cm³/mol. The van der Waals surface area contributed by atoms with Gasteiger partial charge in [-0.1, -0.05) is 36.4 Å². The number of aromatic amines is 1. The maximum Gasteiger partial charge on any atom is 0.137 e. The molecule has 0 radical (unpaired) electrons. The van der Waals surface area contributed by atoms with Crippen molar-refractivity contribution in [3.8, 4) is 28.0 Å². The van der Waals surface area contributed by atoms with E-state index in [9.17, 15) is 0 Å². The molecule has 146 valence electrons. The maximum atomic E-state index is 5.57. The van der Waals surface area contributed by atoms with E-state index in [0.717, 1.165) is 40.0 Å². The Morgan fingerprint density at radius 1 is 0.966 bits per heavy atom. The lowest BCUT2D eigenvalue weighted by molar-refractivity contribution is 0.331. The van der Waals surface area contributed by atoms with E-state index in [-0.39, 0.29) is 0 Å². The standard InChI is InChI=1S/C25H25N3O/c1-29-24-10-3-2-9-21(24)23-16-27-25-22(23)14-20(15-26-25)19-8-6-7-18(13-19)17-28-11-4-5-12-28/h2-3,6-10,13-16H,4-5,11-12,17H2,1H3,(H,26,27). The number of fused-ring (bicyclic) bond motifs is 1. The molecule has 0 bridgehead atoms. The van der Waals surface area contributed by atoms with E-state index in [1.807, 2.05) is 30.6 Å². The van der Waals surface area contributed by atoms with Gasteiger partial charge in [0, 0.05) is 41.0 Å². The lowest BCUT2D eigenvalue weighted by Gasteiger charge is -2.15. The van der Waals surface area contributed by atoms with Gasteiger partial charge < -0.3 is 9.72 Å². The molecule has 4 nitrogen and oxygen atoms in total. The highest BCUT2D eigenvalue weighted by Crippen LogP contribution is 2.36. The fourth-order valence-corrected chi connectivity index (χ4v) is 4.30. The fraction of sp³-hybridized carbons (Fsp3) is 0.240. The minimum Gasteiger partial charge on any atom is -0.496 e. The number of rotatable bonds is 5. The van der Waals surface area contributed by atoms with Crippen LogP contribution in [0, 0.1) is 0 Å². The first-order chi connectivity index (χ1) is 14.3. The molecule has 0 saturated carbocycles. The number of likely N-dealkylation sites (tertiary alicyclic amines) is 1. The normalized spacial score (nSPS) is 14.5. The van der Waals surface area contributed by atoms with E-state index in [1.54, 1.807) is 7.11 Å². The summed E-state index contributed by atoms with van der Waals surface area (Å²) in [5, 5.41) is 1.11. The third kappa shape index (κ3) is 3.52. The van der Waals surface area contributed by atoms with Crippen molar-refractivity contribution in [2.75, 3.05) is 20.2 Å². The van der Waals surface area contributed by atoms with E-state index in [1.165, 1.54) is 37.1 Å². The van der Waals surface area contributed by atoms with Crippen LogP contribution in [-0.2, 0) is 6.54 Å². The smallest absolute Gasteiger partial charge is 0.137 e.